The summed E-state index contributed by atoms with van der Waals surface area (Å²) in [5.41, 5.74) is 0.432. The van der Waals surface area contributed by atoms with Crippen LogP contribution in [0.25, 0.3) is 0 Å². The molecule has 44 valence electrons. The first-order valence-electron chi connectivity index (χ1n) is 2.67. The molecule has 1 heteroatoms. The zero-order chi connectivity index (χ0) is 5.91. The molecule has 0 atom stereocenters. The minimum Gasteiger partial charge on any atom is -1.00 e. The van der Waals surface area contributed by atoms with E-state index in [1.165, 1.54) is 0 Å². The van der Waals surface area contributed by atoms with Crippen molar-refractivity contribution < 1.29 is 20.3 Å². The Morgan fingerprint density at radius 2 is 1.88 bits per heavy atom. The molecule has 0 amide bonds. The first-order chi connectivity index (χ1) is 3.06. The third-order valence-corrected chi connectivity index (χ3v) is 0.757. The zero-order valence-corrected chi connectivity index (χ0v) is 6.49. The first-order valence-corrected chi connectivity index (χ1v) is 2.67. The topological polar surface area (TPSA) is 0 Å². The van der Waals surface area contributed by atoms with Gasteiger partial charge in [0.2, 0.25) is 0 Å². The molecule has 0 unspecified atom stereocenters. The van der Waals surface area contributed by atoms with Crippen molar-refractivity contribution in [3.63, 3.8) is 0 Å². The van der Waals surface area contributed by atoms with Crippen LogP contribution in [0.15, 0.2) is 12.7 Å². The molecule has 0 aliphatic carbocycles. The van der Waals surface area contributed by atoms with Crippen LogP contribution >= 0.6 is 0 Å². The van der Waals surface area contributed by atoms with Crippen molar-refractivity contribution in [2.75, 3.05) is 0 Å². The Balaban J connectivity index is -0.000000180. The van der Waals surface area contributed by atoms with Crippen LogP contribution < -0.4 is 18.9 Å². The van der Waals surface area contributed by atoms with Crippen LogP contribution in [0.1, 0.15) is 28.6 Å². The molecular formula is C7H15Li. The molecule has 0 aromatic heterocycles. The maximum absolute atomic E-state index is 3.65. The zero-order valence-electron chi connectivity index (χ0n) is 7.49. The molecule has 0 aliphatic rings. The smallest absolute Gasteiger partial charge is 1.00 e. The van der Waals surface area contributed by atoms with E-state index in [2.05, 4.69) is 27.4 Å². The van der Waals surface area contributed by atoms with Gasteiger partial charge in [-0.3, -0.25) is 0 Å². The van der Waals surface area contributed by atoms with Crippen molar-refractivity contribution in [1.29, 1.82) is 0 Å². The average molecular weight is 106 g/mol. The van der Waals surface area contributed by atoms with Crippen LogP contribution in [-0.2, 0) is 0 Å². The Morgan fingerprint density at radius 1 is 1.50 bits per heavy atom. The average Bonchev–Trinajstić information content (AvgIpc) is 1.30. The van der Waals surface area contributed by atoms with E-state index in [1.54, 1.807) is 0 Å². The van der Waals surface area contributed by atoms with E-state index >= 15 is 0 Å². The summed E-state index contributed by atoms with van der Waals surface area (Å²) < 4.78 is 0. The monoisotopic (exact) mass is 106 g/mol. The van der Waals surface area contributed by atoms with E-state index in [1.807, 2.05) is 6.08 Å². The predicted molar refractivity (Wildman–Crippen MR) is 35.4 cm³/mol. The van der Waals surface area contributed by atoms with Gasteiger partial charge in [0, 0.05) is 0 Å². The van der Waals surface area contributed by atoms with Gasteiger partial charge in [0.25, 0.3) is 0 Å². The van der Waals surface area contributed by atoms with Gasteiger partial charge in [-0.05, 0) is 11.8 Å². The number of hydrogen-bond donors (Lipinski definition) is 0. The molecule has 0 rings (SSSR count). The molecule has 0 aromatic carbocycles. The summed E-state index contributed by atoms with van der Waals surface area (Å²) in [6.45, 7) is 10.3. The van der Waals surface area contributed by atoms with Gasteiger partial charge in [-0.15, -0.1) is 6.58 Å². The maximum Gasteiger partial charge on any atom is 1.00 e. The third kappa shape index (κ3) is 9.60. The van der Waals surface area contributed by atoms with E-state index in [9.17, 15) is 0 Å². The van der Waals surface area contributed by atoms with Gasteiger partial charge in [-0.1, -0.05) is 26.8 Å². The summed E-state index contributed by atoms with van der Waals surface area (Å²) in [5, 5.41) is 0. The number of hydrogen-bond acceptors (Lipinski definition) is 0. The van der Waals surface area contributed by atoms with Crippen LogP contribution in [0.2, 0.25) is 0 Å². The molecular weight excluding hydrogens is 91.0 g/mol. The van der Waals surface area contributed by atoms with Gasteiger partial charge < -0.3 is 1.43 Å². The SMILES string of the molecule is C=CCC(C)(C)C.[H-].[Li+]. The van der Waals surface area contributed by atoms with E-state index < -0.39 is 0 Å². The van der Waals surface area contributed by atoms with Gasteiger partial charge in [-0.2, -0.15) is 0 Å². The fraction of sp³-hybridized carbons (Fsp3) is 0.714. The van der Waals surface area contributed by atoms with E-state index in [0.717, 1.165) is 6.42 Å². The Labute approximate surface area is 66.0 Å². The molecule has 0 nitrogen and oxygen atoms in total. The molecule has 0 bridgehead atoms. The quantitative estimate of drug-likeness (QED) is 0.319. The molecule has 0 N–H and O–H groups in total. The van der Waals surface area contributed by atoms with Crippen LogP contribution in [0.3, 0.4) is 0 Å². The fourth-order valence-electron chi connectivity index (χ4n) is 0.433. The molecule has 0 aliphatic heterocycles. The Morgan fingerprint density at radius 3 is 1.88 bits per heavy atom. The summed E-state index contributed by atoms with van der Waals surface area (Å²) in [5.74, 6) is 0. The van der Waals surface area contributed by atoms with Crippen molar-refractivity contribution in [3.05, 3.63) is 12.7 Å². The third-order valence-electron chi connectivity index (χ3n) is 0.757. The molecule has 0 saturated heterocycles. The predicted octanol–water partition coefficient (Wildman–Crippen LogP) is -0.275. The summed E-state index contributed by atoms with van der Waals surface area (Å²) in [4.78, 5) is 0. The number of allylic oxidation sites excluding steroid dienone is 1. The fourth-order valence-corrected chi connectivity index (χ4v) is 0.433. The second kappa shape index (κ2) is 4.24. The van der Waals surface area contributed by atoms with E-state index in [0.29, 0.717) is 5.41 Å². The summed E-state index contributed by atoms with van der Waals surface area (Å²) in [7, 11) is 0. The van der Waals surface area contributed by atoms with Gasteiger partial charge in [0.05, 0.1) is 0 Å². The molecule has 0 heterocycles. The molecule has 0 aromatic rings. The van der Waals surface area contributed by atoms with Crippen molar-refractivity contribution in [1.82, 2.24) is 0 Å². The molecule has 0 saturated carbocycles. The number of rotatable bonds is 1. The summed E-state index contributed by atoms with van der Waals surface area (Å²) >= 11 is 0. The van der Waals surface area contributed by atoms with Gasteiger partial charge in [0.15, 0.2) is 0 Å². The van der Waals surface area contributed by atoms with E-state index in [4.69, 9.17) is 0 Å². The first kappa shape index (κ1) is 11.2. The summed E-state index contributed by atoms with van der Waals surface area (Å²) in [6.07, 6.45) is 3.06. The van der Waals surface area contributed by atoms with Crippen LogP contribution in [0.5, 0.6) is 0 Å². The Bertz CT molecular complexity index is 63.8. The molecule has 0 fully saturated rings. The van der Waals surface area contributed by atoms with Crippen molar-refractivity contribution in [2.24, 2.45) is 5.41 Å². The largest absolute Gasteiger partial charge is 1.00 e. The van der Waals surface area contributed by atoms with Crippen LogP contribution in [-0.4, -0.2) is 0 Å². The summed E-state index contributed by atoms with van der Waals surface area (Å²) in [6, 6.07) is 0. The van der Waals surface area contributed by atoms with Gasteiger partial charge in [-0.25, -0.2) is 0 Å². The normalized spacial score (nSPS) is 9.88. The van der Waals surface area contributed by atoms with E-state index in [-0.39, 0.29) is 20.3 Å². The second-order valence-corrected chi connectivity index (χ2v) is 3.05. The Hall–Kier alpha value is 0.337. The van der Waals surface area contributed by atoms with Crippen molar-refractivity contribution in [3.8, 4) is 0 Å². The standard InChI is InChI=1S/C7H14.Li.H/c1-5-6-7(2,3)4;;/h5H,1,6H2,2-4H3;;/q;+1;-1. The minimum absolute atomic E-state index is 0. The van der Waals surface area contributed by atoms with Crippen molar-refractivity contribution >= 4 is 0 Å². The maximum atomic E-state index is 3.65. The van der Waals surface area contributed by atoms with Gasteiger partial charge in [0.1, 0.15) is 0 Å². The van der Waals surface area contributed by atoms with Gasteiger partial charge >= 0.3 is 18.9 Å². The molecule has 0 spiro atoms. The molecule has 0 radical (unpaired) electrons. The molecule has 8 heavy (non-hydrogen) atoms. The van der Waals surface area contributed by atoms with Crippen molar-refractivity contribution in [2.45, 2.75) is 27.2 Å². The second-order valence-electron chi connectivity index (χ2n) is 3.05. The Kier molecular flexibility index (Phi) is 5.92. The minimum atomic E-state index is 0. The van der Waals surface area contributed by atoms with Crippen LogP contribution in [0, 0.1) is 5.41 Å². The van der Waals surface area contributed by atoms with Crippen LogP contribution in [0.4, 0.5) is 0 Å².